The number of β-lactam (4-membered cyclic amide) rings is 1. The van der Waals surface area contributed by atoms with E-state index in [-0.39, 0.29) is 23.8 Å². The molecule has 2 amide bonds. The van der Waals surface area contributed by atoms with Crippen molar-refractivity contribution in [2.75, 3.05) is 6.61 Å². The van der Waals surface area contributed by atoms with Crippen molar-refractivity contribution in [1.82, 2.24) is 4.90 Å². The number of likely N-dealkylation sites (tertiary alicyclic amines) is 1. The molecule has 1 heterocycles. The van der Waals surface area contributed by atoms with Gasteiger partial charge in [0.15, 0.2) is 0 Å². The van der Waals surface area contributed by atoms with Crippen molar-refractivity contribution in [3.63, 3.8) is 0 Å². The summed E-state index contributed by atoms with van der Waals surface area (Å²) in [7, 11) is 0. The molecule has 1 aliphatic rings. The molecular formula is C15H13NO5S. The van der Waals surface area contributed by atoms with Crippen molar-refractivity contribution in [3.05, 3.63) is 42.1 Å². The van der Waals surface area contributed by atoms with Gasteiger partial charge in [-0.25, -0.2) is 9.69 Å². The maximum absolute atomic E-state index is 11.9. The van der Waals surface area contributed by atoms with E-state index in [1.54, 1.807) is 31.2 Å². The highest BCUT2D eigenvalue weighted by molar-refractivity contribution is 8.14. The van der Waals surface area contributed by atoms with Crippen molar-refractivity contribution >= 4 is 34.7 Å². The summed E-state index contributed by atoms with van der Waals surface area (Å²) >= 11 is 0.974. The third-order valence-electron chi connectivity index (χ3n) is 2.77. The third kappa shape index (κ3) is 3.62. The number of carbonyl (C=O) groups is 4. The van der Waals surface area contributed by atoms with E-state index < -0.39 is 17.8 Å². The van der Waals surface area contributed by atoms with Gasteiger partial charge in [-0.3, -0.25) is 14.4 Å². The lowest BCUT2D eigenvalue weighted by atomic mass is 10.1. The molecule has 1 aliphatic heterocycles. The van der Waals surface area contributed by atoms with Crippen LogP contribution in [0.2, 0.25) is 0 Å². The summed E-state index contributed by atoms with van der Waals surface area (Å²) in [6.45, 7) is 1.59. The molecular weight excluding hydrogens is 306 g/mol. The zero-order valence-corrected chi connectivity index (χ0v) is 12.6. The Morgan fingerprint density at radius 3 is 2.55 bits per heavy atom. The Morgan fingerprint density at radius 2 is 1.95 bits per heavy atom. The number of rotatable bonds is 3. The van der Waals surface area contributed by atoms with E-state index in [0.717, 1.165) is 16.7 Å². The summed E-state index contributed by atoms with van der Waals surface area (Å²) in [5.74, 6) is -2.70. The lowest BCUT2D eigenvalue weighted by Gasteiger charge is -2.30. The molecule has 0 radical (unpaired) electrons. The van der Waals surface area contributed by atoms with Crippen molar-refractivity contribution in [2.24, 2.45) is 0 Å². The predicted molar refractivity (Wildman–Crippen MR) is 78.5 cm³/mol. The summed E-state index contributed by atoms with van der Waals surface area (Å²) in [6.07, 6.45) is 1.14. The molecule has 0 aliphatic carbocycles. The first-order valence-corrected chi connectivity index (χ1v) is 7.36. The maximum atomic E-state index is 11.9. The average Bonchev–Trinajstić information content (AvgIpc) is 2.47. The van der Waals surface area contributed by atoms with E-state index in [1.807, 2.05) is 6.07 Å². The minimum Gasteiger partial charge on any atom is -0.459 e. The maximum Gasteiger partial charge on any atom is 0.397 e. The molecule has 0 N–H and O–H groups in total. The summed E-state index contributed by atoms with van der Waals surface area (Å²) in [4.78, 5) is 47.9. The zero-order chi connectivity index (χ0) is 16.1. The standard InChI is InChI=1S/C15H13NO5S/c1-2-21-15(20)14(19)16-10(8-12(16)17)9-13(18)22-11-6-4-3-5-7-11/h3-7,9H,2,8H2,1H3/b10-9-. The SMILES string of the molecule is CCOC(=O)C(=O)N1C(=O)C/C1=C/C(=O)Sc1ccccc1. The highest BCUT2D eigenvalue weighted by Crippen LogP contribution is 2.26. The molecule has 0 saturated carbocycles. The molecule has 2 rings (SSSR count). The molecule has 22 heavy (non-hydrogen) atoms. The van der Waals surface area contributed by atoms with Crippen LogP contribution in [-0.4, -0.2) is 34.4 Å². The first kappa shape index (κ1) is 16.0. The van der Waals surface area contributed by atoms with E-state index in [2.05, 4.69) is 4.74 Å². The lowest BCUT2D eigenvalue weighted by molar-refractivity contribution is -0.164. The van der Waals surface area contributed by atoms with Gasteiger partial charge >= 0.3 is 11.9 Å². The molecule has 0 atom stereocenters. The molecule has 6 nitrogen and oxygen atoms in total. The smallest absolute Gasteiger partial charge is 0.397 e. The number of nitrogens with zero attached hydrogens (tertiary/aromatic N) is 1. The monoisotopic (exact) mass is 319 g/mol. The molecule has 0 spiro atoms. The van der Waals surface area contributed by atoms with Gasteiger partial charge in [-0.05, 0) is 30.8 Å². The van der Waals surface area contributed by atoms with Crippen LogP contribution in [0.15, 0.2) is 47.0 Å². The van der Waals surface area contributed by atoms with Crippen LogP contribution in [0.5, 0.6) is 0 Å². The van der Waals surface area contributed by atoms with Crippen LogP contribution in [0.1, 0.15) is 13.3 Å². The fourth-order valence-electron chi connectivity index (χ4n) is 1.80. The second-order valence-electron chi connectivity index (χ2n) is 4.30. The topological polar surface area (TPSA) is 80.8 Å². The highest BCUT2D eigenvalue weighted by Gasteiger charge is 2.40. The van der Waals surface area contributed by atoms with Gasteiger partial charge in [0, 0.05) is 16.7 Å². The van der Waals surface area contributed by atoms with Gasteiger partial charge < -0.3 is 4.74 Å². The van der Waals surface area contributed by atoms with Crippen molar-refractivity contribution in [2.45, 2.75) is 18.2 Å². The summed E-state index contributed by atoms with van der Waals surface area (Å²) in [6, 6.07) is 8.97. The zero-order valence-electron chi connectivity index (χ0n) is 11.8. The average molecular weight is 319 g/mol. The molecule has 1 aromatic rings. The van der Waals surface area contributed by atoms with E-state index in [0.29, 0.717) is 4.90 Å². The van der Waals surface area contributed by atoms with Gasteiger partial charge in [0.05, 0.1) is 13.0 Å². The fraction of sp³-hybridized carbons (Fsp3) is 0.200. The Labute approximate surface area is 131 Å². The van der Waals surface area contributed by atoms with Crippen molar-refractivity contribution < 1.29 is 23.9 Å². The molecule has 7 heteroatoms. The second-order valence-corrected chi connectivity index (χ2v) is 5.38. The van der Waals surface area contributed by atoms with E-state index in [9.17, 15) is 19.2 Å². The van der Waals surface area contributed by atoms with Crippen LogP contribution in [0.3, 0.4) is 0 Å². The highest BCUT2D eigenvalue weighted by atomic mass is 32.2. The van der Waals surface area contributed by atoms with Gasteiger partial charge in [0.25, 0.3) is 0 Å². The van der Waals surface area contributed by atoms with Gasteiger partial charge in [-0.15, -0.1) is 0 Å². The Hall–Kier alpha value is -2.41. The molecule has 0 unspecified atom stereocenters. The lowest BCUT2D eigenvalue weighted by Crippen LogP contribution is -2.49. The number of thioether (sulfide) groups is 1. The number of benzene rings is 1. The Balaban J connectivity index is 2.05. The van der Waals surface area contributed by atoms with Crippen LogP contribution in [0, 0.1) is 0 Å². The van der Waals surface area contributed by atoms with Gasteiger partial charge in [-0.1, -0.05) is 18.2 Å². The molecule has 1 aromatic carbocycles. The Morgan fingerprint density at radius 1 is 1.27 bits per heavy atom. The van der Waals surface area contributed by atoms with Crippen LogP contribution >= 0.6 is 11.8 Å². The number of carbonyl (C=O) groups excluding carboxylic acids is 4. The van der Waals surface area contributed by atoms with Crippen LogP contribution < -0.4 is 0 Å². The Kier molecular flexibility index (Phi) is 5.11. The minimum absolute atomic E-state index is 0.0362. The van der Waals surface area contributed by atoms with Gasteiger partial charge in [0.1, 0.15) is 0 Å². The number of hydrogen-bond acceptors (Lipinski definition) is 6. The number of imide groups is 1. The summed E-state index contributed by atoms with van der Waals surface area (Å²) in [5.41, 5.74) is 0.205. The first-order valence-electron chi connectivity index (χ1n) is 6.54. The predicted octanol–water partition coefficient (Wildman–Crippen LogP) is 1.51. The normalized spacial score (nSPS) is 15.4. The largest absolute Gasteiger partial charge is 0.459 e. The number of ether oxygens (including phenoxy) is 1. The minimum atomic E-state index is -1.11. The number of esters is 1. The molecule has 0 bridgehead atoms. The van der Waals surface area contributed by atoms with Gasteiger partial charge in [-0.2, -0.15) is 0 Å². The van der Waals surface area contributed by atoms with Crippen molar-refractivity contribution in [1.29, 1.82) is 0 Å². The van der Waals surface area contributed by atoms with Gasteiger partial charge in [0.2, 0.25) is 11.0 Å². The second kappa shape index (κ2) is 7.04. The molecule has 114 valence electrons. The molecule has 0 aromatic heterocycles. The van der Waals surface area contributed by atoms with Crippen LogP contribution in [-0.2, 0) is 23.9 Å². The fourth-order valence-corrected chi connectivity index (χ4v) is 2.52. The quantitative estimate of drug-likeness (QED) is 0.276. The Bertz CT molecular complexity index is 653. The van der Waals surface area contributed by atoms with E-state index >= 15 is 0 Å². The third-order valence-corrected chi connectivity index (χ3v) is 3.60. The summed E-state index contributed by atoms with van der Waals surface area (Å²) < 4.78 is 4.56. The molecule has 1 saturated heterocycles. The van der Waals surface area contributed by atoms with Crippen LogP contribution in [0.25, 0.3) is 0 Å². The van der Waals surface area contributed by atoms with E-state index in [1.165, 1.54) is 6.08 Å². The summed E-state index contributed by atoms with van der Waals surface area (Å²) in [5, 5.41) is -0.324. The molecule has 1 fully saturated rings. The van der Waals surface area contributed by atoms with Crippen LogP contribution in [0.4, 0.5) is 0 Å². The van der Waals surface area contributed by atoms with Crippen molar-refractivity contribution in [3.8, 4) is 0 Å². The van der Waals surface area contributed by atoms with E-state index in [4.69, 9.17) is 0 Å². The number of amides is 2. The first-order chi connectivity index (χ1) is 10.5. The number of hydrogen-bond donors (Lipinski definition) is 0.